The van der Waals surface area contributed by atoms with Crippen LogP contribution in [0.1, 0.15) is 33.1 Å². The molecular formula is C14H29N3O. The van der Waals surface area contributed by atoms with Crippen molar-refractivity contribution >= 4 is 5.91 Å². The van der Waals surface area contributed by atoms with Gasteiger partial charge in [-0.2, -0.15) is 0 Å². The van der Waals surface area contributed by atoms with E-state index in [9.17, 15) is 4.79 Å². The molecular weight excluding hydrogens is 226 g/mol. The average molecular weight is 255 g/mol. The van der Waals surface area contributed by atoms with Crippen LogP contribution in [0.2, 0.25) is 0 Å². The number of hydrogen-bond donors (Lipinski definition) is 2. The SMILES string of the molecule is CNCCC(=O)NCC(C)(C)C1CCCN(C)C1. The number of carbonyl (C=O) groups is 1. The molecule has 1 fully saturated rings. The average Bonchev–Trinajstić information content (AvgIpc) is 2.34. The van der Waals surface area contributed by atoms with Gasteiger partial charge >= 0.3 is 0 Å². The Kier molecular flexibility index (Phi) is 6.09. The normalized spacial score (nSPS) is 21.9. The third-order valence-corrected chi connectivity index (χ3v) is 4.07. The zero-order chi connectivity index (χ0) is 13.6. The summed E-state index contributed by atoms with van der Waals surface area (Å²) in [4.78, 5) is 14.0. The van der Waals surface area contributed by atoms with E-state index < -0.39 is 0 Å². The highest BCUT2D eigenvalue weighted by Crippen LogP contribution is 2.32. The van der Waals surface area contributed by atoms with Gasteiger partial charge in [-0.05, 0) is 44.8 Å². The molecule has 1 aliphatic rings. The van der Waals surface area contributed by atoms with Crippen LogP contribution < -0.4 is 10.6 Å². The van der Waals surface area contributed by atoms with Crippen LogP contribution in [-0.2, 0) is 4.79 Å². The fourth-order valence-corrected chi connectivity index (χ4v) is 2.60. The predicted molar refractivity (Wildman–Crippen MR) is 75.6 cm³/mol. The molecule has 0 radical (unpaired) electrons. The van der Waals surface area contributed by atoms with E-state index in [0.717, 1.165) is 19.6 Å². The molecule has 1 saturated heterocycles. The van der Waals surface area contributed by atoms with Crippen LogP contribution >= 0.6 is 0 Å². The summed E-state index contributed by atoms with van der Waals surface area (Å²) in [5.74, 6) is 0.836. The van der Waals surface area contributed by atoms with Gasteiger partial charge in [0, 0.05) is 26.1 Å². The Morgan fingerprint density at radius 2 is 2.17 bits per heavy atom. The summed E-state index contributed by atoms with van der Waals surface area (Å²) in [5, 5.41) is 6.07. The number of nitrogens with one attached hydrogen (secondary N) is 2. The molecule has 1 rings (SSSR count). The summed E-state index contributed by atoms with van der Waals surface area (Å²) in [5.41, 5.74) is 0.185. The molecule has 4 heteroatoms. The highest BCUT2D eigenvalue weighted by molar-refractivity contribution is 5.76. The summed E-state index contributed by atoms with van der Waals surface area (Å²) >= 11 is 0. The van der Waals surface area contributed by atoms with Crippen molar-refractivity contribution in [3.63, 3.8) is 0 Å². The summed E-state index contributed by atoms with van der Waals surface area (Å²) in [6, 6.07) is 0. The van der Waals surface area contributed by atoms with E-state index in [1.807, 2.05) is 7.05 Å². The second-order valence-corrected chi connectivity index (χ2v) is 6.22. The first-order valence-electron chi connectivity index (χ1n) is 7.05. The molecule has 0 saturated carbocycles. The lowest BCUT2D eigenvalue weighted by Crippen LogP contribution is -2.45. The molecule has 1 heterocycles. The third-order valence-electron chi connectivity index (χ3n) is 4.07. The third kappa shape index (κ3) is 4.94. The number of hydrogen-bond acceptors (Lipinski definition) is 3. The van der Waals surface area contributed by atoms with Crippen molar-refractivity contribution in [2.24, 2.45) is 11.3 Å². The van der Waals surface area contributed by atoms with E-state index in [2.05, 4.69) is 36.4 Å². The van der Waals surface area contributed by atoms with E-state index in [1.165, 1.54) is 19.4 Å². The van der Waals surface area contributed by atoms with Gasteiger partial charge in [0.1, 0.15) is 0 Å². The van der Waals surface area contributed by atoms with E-state index in [-0.39, 0.29) is 11.3 Å². The zero-order valence-electron chi connectivity index (χ0n) is 12.4. The van der Waals surface area contributed by atoms with Gasteiger partial charge in [0.05, 0.1) is 0 Å². The number of amides is 1. The maximum Gasteiger partial charge on any atom is 0.221 e. The predicted octanol–water partition coefficient (Wildman–Crippen LogP) is 1.08. The minimum atomic E-state index is 0.154. The number of piperidine rings is 1. The second kappa shape index (κ2) is 7.10. The molecule has 1 aliphatic heterocycles. The maximum absolute atomic E-state index is 11.6. The lowest BCUT2D eigenvalue weighted by atomic mass is 9.74. The van der Waals surface area contributed by atoms with E-state index in [4.69, 9.17) is 0 Å². The Morgan fingerprint density at radius 3 is 2.78 bits per heavy atom. The maximum atomic E-state index is 11.6. The standard InChI is InChI=1S/C14H29N3O/c1-14(2,11-16-13(18)7-8-15-3)12-6-5-9-17(4)10-12/h12,15H,5-11H2,1-4H3,(H,16,18). The number of rotatable bonds is 6. The summed E-state index contributed by atoms with van der Waals surface area (Å²) in [6.07, 6.45) is 3.12. The monoisotopic (exact) mass is 255 g/mol. The Bertz CT molecular complexity index is 266. The molecule has 106 valence electrons. The fourth-order valence-electron chi connectivity index (χ4n) is 2.60. The van der Waals surface area contributed by atoms with Crippen LogP contribution in [0.15, 0.2) is 0 Å². The zero-order valence-corrected chi connectivity index (χ0v) is 12.4. The Labute approximate surface area is 111 Å². The van der Waals surface area contributed by atoms with Gasteiger partial charge in [0.25, 0.3) is 0 Å². The van der Waals surface area contributed by atoms with Crippen molar-refractivity contribution < 1.29 is 4.79 Å². The Hall–Kier alpha value is -0.610. The van der Waals surface area contributed by atoms with Gasteiger partial charge in [0.15, 0.2) is 0 Å². The van der Waals surface area contributed by atoms with Gasteiger partial charge in [-0.3, -0.25) is 4.79 Å². The topological polar surface area (TPSA) is 44.4 Å². The van der Waals surface area contributed by atoms with Crippen LogP contribution in [0.3, 0.4) is 0 Å². The van der Waals surface area contributed by atoms with Crippen LogP contribution in [0.4, 0.5) is 0 Å². The first-order valence-corrected chi connectivity index (χ1v) is 7.05. The van der Waals surface area contributed by atoms with Crippen molar-refractivity contribution in [3.05, 3.63) is 0 Å². The largest absolute Gasteiger partial charge is 0.356 e. The van der Waals surface area contributed by atoms with Crippen molar-refractivity contribution in [1.82, 2.24) is 15.5 Å². The molecule has 0 aromatic heterocycles. The molecule has 0 aromatic rings. The molecule has 0 bridgehead atoms. The number of carbonyl (C=O) groups excluding carboxylic acids is 1. The Balaban J connectivity index is 2.36. The second-order valence-electron chi connectivity index (χ2n) is 6.22. The van der Waals surface area contributed by atoms with Crippen molar-refractivity contribution in [3.8, 4) is 0 Å². The fraction of sp³-hybridized carbons (Fsp3) is 0.929. The van der Waals surface area contributed by atoms with Gasteiger partial charge in [0.2, 0.25) is 5.91 Å². The first kappa shape index (κ1) is 15.4. The lowest BCUT2D eigenvalue weighted by molar-refractivity contribution is -0.121. The molecule has 18 heavy (non-hydrogen) atoms. The number of likely N-dealkylation sites (tertiary alicyclic amines) is 1. The smallest absolute Gasteiger partial charge is 0.221 e. The Morgan fingerprint density at radius 1 is 1.44 bits per heavy atom. The minimum Gasteiger partial charge on any atom is -0.356 e. The van der Waals surface area contributed by atoms with Gasteiger partial charge < -0.3 is 15.5 Å². The summed E-state index contributed by atoms with van der Waals surface area (Å²) in [6.45, 7) is 8.44. The van der Waals surface area contributed by atoms with Gasteiger partial charge in [-0.1, -0.05) is 13.8 Å². The van der Waals surface area contributed by atoms with Gasteiger partial charge in [-0.15, -0.1) is 0 Å². The summed E-state index contributed by atoms with van der Waals surface area (Å²) in [7, 11) is 4.06. The molecule has 0 spiro atoms. The van der Waals surface area contributed by atoms with Crippen LogP contribution in [0.5, 0.6) is 0 Å². The molecule has 2 N–H and O–H groups in total. The van der Waals surface area contributed by atoms with E-state index >= 15 is 0 Å². The van der Waals surface area contributed by atoms with Gasteiger partial charge in [-0.25, -0.2) is 0 Å². The molecule has 1 atom stereocenters. The summed E-state index contributed by atoms with van der Waals surface area (Å²) < 4.78 is 0. The van der Waals surface area contributed by atoms with Crippen LogP contribution in [0, 0.1) is 11.3 Å². The molecule has 0 aromatic carbocycles. The van der Waals surface area contributed by atoms with E-state index in [1.54, 1.807) is 0 Å². The molecule has 1 amide bonds. The quantitative estimate of drug-likeness (QED) is 0.746. The first-order chi connectivity index (χ1) is 8.45. The molecule has 4 nitrogen and oxygen atoms in total. The van der Waals surface area contributed by atoms with Crippen LogP contribution in [-0.4, -0.2) is 51.1 Å². The van der Waals surface area contributed by atoms with Crippen LogP contribution in [0.25, 0.3) is 0 Å². The lowest BCUT2D eigenvalue weighted by Gasteiger charge is -2.40. The van der Waals surface area contributed by atoms with Crippen molar-refractivity contribution in [1.29, 1.82) is 0 Å². The van der Waals surface area contributed by atoms with E-state index in [0.29, 0.717) is 12.3 Å². The van der Waals surface area contributed by atoms with Crippen molar-refractivity contribution in [2.75, 3.05) is 40.3 Å². The highest BCUT2D eigenvalue weighted by atomic mass is 16.1. The molecule has 1 unspecified atom stereocenters. The minimum absolute atomic E-state index is 0.154. The van der Waals surface area contributed by atoms with Crippen molar-refractivity contribution in [2.45, 2.75) is 33.1 Å². The highest BCUT2D eigenvalue weighted by Gasteiger charge is 2.32. The molecule has 0 aliphatic carbocycles. The number of nitrogens with zero attached hydrogens (tertiary/aromatic N) is 1.